The van der Waals surface area contributed by atoms with Crippen LogP contribution >= 0.6 is 0 Å². The average Bonchev–Trinajstić information content (AvgIpc) is 2.77. The lowest BCUT2D eigenvalue weighted by molar-refractivity contribution is 0.436. The van der Waals surface area contributed by atoms with E-state index in [0.717, 1.165) is 18.0 Å². The Balaban J connectivity index is 2.00. The number of nitrogens with two attached hydrogens (primary N) is 1. The first kappa shape index (κ1) is 13.1. The van der Waals surface area contributed by atoms with Gasteiger partial charge >= 0.3 is 0 Å². The Labute approximate surface area is 109 Å². The molecule has 0 spiro atoms. The highest BCUT2D eigenvalue weighted by Crippen LogP contribution is 2.23. The fraction of sp³-hybridized carbons (Fsp3) is 0.714. The van der Waals surface area contributed by atoms with E-state index in [-0.39, 0.29) is 0 Å². The molecule has 0 aliphatic heterocycles. The van der Waals surface area contributed by atoms with Crippen LogP contribution in [0, 0.1) is 5.92 Å². The van der Waals surface area contributed by atoms with E-state index >= 15 is 0 Å². The van der Waals surface area contributed by atoms with Gasteiger partial charge in [-0.1, -0.05) is 26.2 Å². The standard InChI is InChI=1S/C14H24N4/c1-3-13-12(10-18(2)17-13)9-16-14(15)11-7-5-4-6-8-11/h10-11H,3-9H2,1-2H3,(H2,15,16). The second-order valence-electron chi connectivity index (χ2n) is 5.20. The molecule has 1 fully saturated rings. The summed E-state index contributed by atoms with van der Waals surface area (Å²) in [5, 5.41) is 4.43. The fourth-order valence-corrected chi connectivity index (χ4v) is 2.72. The van der Waals surface area contributed by atoms with Crippen LogP contribution in [0.4, 0.5) is 0 Å². The molecule has 0 saturated heterocycles. The van der Waals surface area contributed by atoms with Crippen LogP contribution < -0.4 is 5.73 Å². The molecule has 0 unspecified atom stereocenters. The molecule has 1 saturated carbocycles. The molecular weight excluding hydrogens is 224 g/mol. The van der Waals surface area contributed by atoms with E-state index in [4.69, 9.17) is 5.73 Å². The Morgan fingerprint density at radius 1 is 1.44 bits per heavy atom. The maximum absolute atomic E-state index is 6.12. The van der Waals surface area contributed by atoms with Gasteiger partial charge in [0.25, 0.3) is 0 Å². The number of rotatable bonds is 4. The van der Waals surface area contributed by atoms with Crippen molar-refractivity contribution < 1.29 is 0 Å². The van der Waals surface area contributed by atoms with Crippen molar-refractivity contribution in [2.45, 2.75) is 52.0 Å². The van der Waals surface area contributed by atoms with Crippen LogP contribution in [0.25, 0.3) is 0 Å². The van der Waals surface area contributed by atoms with Crippen LogP contribution in [0.2, 0.25) is 0 Å². The molecule has 0 atom stereocenters. The van der Waals surface area contributed by atoms with Gasteiger partial charge in [0, 0.05) is 24.7 Å². The van der Waals surface area contributed by atoms with Gasteiger partial charge in [-0.3, -0.25) is 9.67 Å². The summed E-state index contributed by atoms with van der Waals surface area (Å²) in [4.78, 5) is 4.58. The van der Waals surface area contributed by atoms with Gasteiger partial charge in [-0.05, 0) is 19.3 Å². The van der Waals surface area contributed by atoms with Gasteiger partial charge in [-0.25, -0.2) is 0 Å². The number of nitrogens with zero attached hydrogens (tertiary/aromatic N) is 3. The topological polar surface area (TPSA) is 56.2 Å². The van der Waals surface area contributed by atoms with E-state index in [0.29, 0.717) is 12.5 Å². The normalized spacial score (nSPS) is 18.2. The second kappa shape index (κ2) is 6.03. The Hall–Kier alpha value is -1.32. The third kappa shape index (κ3) is 3.12. The predicted molar refractivity (Wildman–Crippen MR) is 74.5 cm³/mol. The zero-order valence-corrected chi connectivity index (χ0v) is 11.5. The molecule has 1 aliphatic carbocycles. The molecule has 1 aromatic rings. The molecule has 0 radical (unpaired) electrons. The first-order valence-electron chi connectivity index (χ1n) is 7.02. The van der Waals surface area contributed by atoms with Gasteiger partial charge < -0.3 is 5.73 Å². The Morgan fingerprint density at radius 3 is 2.83 bits per heavy atom. The second-order valence-corrected chi connectivity index (χ2v) is 5.20. The minimum Gasteiger partial charge on any atom is -0.387 e. The summed E-state index contributed by atoms with van der Waals surface area (Å²) in [7, 11) is 1.96. The van der Waals surface area contributed by atoms with Crippen molar-refractivity contribution in [2.75, 3.05) is 0 Å². The summed E-state index contributed by atoms with van der Waals surface area (Å²) in [5.41, 5.74) is 8.46. The zero-order chi connectivity index (χ0) is 13.0. The molecule has 4 heteroatoms. The molecule has 1 heterocycles. The Kier molecular flexibility index (Phi) is 4.39. The van der Waals surface area contributed by atoms with E-state index in [9.17, 15) is 0 Å². The van der Waals surface area contributed by atoms with E-state index in [1.54, 1.807) is 0 Å². The first-order chi connectivity index (χ1) is 8.70. The SMILES string of the molecule is CCc1nn(C)cc1CN=C(N)C1CCCCC1. The van der Waals surface area contributed by atoms with E-state index in [1.165, 1.54) is 37.7 Å². The molecule has 0 aromatic carbocycles. The lowest BCUT2D eigenvalue weighted by atomic mass is 9.88. The minimum atomic E-state index is 0.514. The van der Waals surface area contributed by atoms with Crippen molar-refractivity contribution in [1.29, 1.82) is 0 Å². The molecule has 100 valence electrons. The van der Waals surface area contributed by atoms with Crippen LogP contribution in [0.5, 0.6) is 0 Å². The van der Waals surface area contributed by atoms with Crippen molar-refractivity contribution in [1.82, 2.24) is 9.78 Å². The summed E-state index contributed by atoms with van der Waals surface area (Å²) in [6.45, 7) is 2.80. The predicted octanol–water partition coefficient (Wildman–Crippen LogP) is 2.42. The highest BCUT2D eigenvalue weighted by Gasteiger charge is 2.16. The molecule has 4 nitrogen and oxygen atoms in total. The van der Waals surface area contributed by atoms with Gasteiger partial charge in [0.15, 0.2) is 0 Å². The molecular formula is C14H24N4. The smallest absolute Gasteiger partial charge is 0.0972 e. The van der Waals surface area contributed by atoms with Crippen LogP contribution in [-0.2, 0) is 20.0 Å². The monoisotopic (exact) mass is 248 g/mol. The minimum absolute atomic E-state index is 0.514. The van der Waals surface area contributed by atoms with Gasteiger partial charge in [-0.15, -0.1) is 0 Å². The van der Waals surface area contributed by atoms with Crippen LogP contribution in [0.3, 0.4) is 0 Å². The zero-order valence-electron chi connectivity index (χ0n) is 11.5. The molecule has 2 N–H and O–H groups in total. The van der Waals surface area contributed by atoms with Crippen molar-refractivity contribution in [2.24, 2.45) is 23.7 Å². The average molecular weight is 248 g/mol. The molecule has 1 aromatic heterocycles. The lowest BCUT2D eigenvalue weighted by Crippen LogP contribution is -2.25. The highest BCUT2D eigenvalue weighted by atomic mass is 15.3. The lowest BCUT2D eigenvalue weighted by Gasteiger charge is -2.20. The van der Waals surface area contributed by atoms with Gasteiger partial charge in [0.05, 0.1) is 18.1 Å². The summed E-state index contributed by atoms with van der Waals surface area (Å²) in [6, 6.07) is 0. The molecule has 0 bridgehead atoms. The summed E-state index contributed by atoms with van der Waals surface area (Å²) >= 11 is 0. The molecule has 18 heavy (non-hydrogen) atoms. The van der Waals surface area contributed by atoms with E-state index in [1.807, 2.05) is 11.7 Å². The number of amidine groups is 1. The van der Waals surface area contributed by atoms with Crippen LogP contribution in [-0.4, -0.2) is 15.6 Å². The number of hydrogen-bond donors (Lipinski definition) is 1. The van der Waals surface area contributed by atoms with Crippen molar-refractivity contribution in [3.63, 3.8) is 0 Å². The third-order valence-electron chi connectivity index (χ3n) is 3.78. The molecule has 0 amide bonds. The van der Waals surface area contributed by atoms with E-state index < -0.39 is 0 Å². The van der Waals surface area contributed by atoms with Crippen molar-refractivity contribution in [3.05, 3.63) is 17.5 Å². The summed E-state index contributed by atoms with van der Waals surface area (Å²) in [5.74, 6) is 1.36. The summed E-state index contributed by atoms with van der Waals surface area (Å²) < 4.78 is 1.86. The summed E-state index contributed by atoms with van der Waals surface area (Å²) in [6.07, 6.45) is 9.38. The molecule has 2 rings (SSSR count). The fourth-order valence-electron chi connectivity index (χ4n) is 2.72. The van der Waals surface area contributed by atoms with Gasteiger partial charge in [0.2, 0.25) is 0 Å². The Morgan fingerprint density at radius 2 is 2.17 bits per heavy atom. The first-order valence-corrected chi connectivity index (χ1v) is 7.02. The highest BCUT2D eigenvalue weighted by molar-refractivity contribution is 5.82. The van der Waals surface area contributed by atoms with Crippen molar-refractivity contribution in [3.8, 4) is 0 Å². The number of aryl methyl sites for hydroxylation is 2. The van der Waals surface area contributed by atoms with Crippen molar-refractivity contribution >= 4 is 5.84 Å². The van der Waals surface area contributed by atoms with Gasteiger partial charge in [-0.2, -0.15) is 5.10 Å². The largest absolute Gasteiger partial charge is 0.387 e. The van der Waals surface area contributed by atoms with E-state index in [2.05, 4.69) is 23.2 Å². The third-order valence-corrected chi connectivity index (χ3v) is 3.78. The number of aliphatic imine (C=N–C) groups is 1. The Bertz CT molecular complexity index is 413. The molecule has 1 aliphatic rings. The van der Waals surface area contributed by atoms with Gasteiger partial charge in [0.1, 0.15) is 0 Å². The maximum atomic E-state index is 6.12. The number of hydrogen-bond acceptors (Lipinski definition) is 2. The maximum Gasteiger partial charge on any atom is 0.0972 e. The van der Waals surface area contributed by atoms with Crippen LogP contribution in [0.15, 0.2) is 11.2 Å². The van der Waals surface area contributed by atoms with Crippen LogP contribution in [0.1, 0.15) is 50.3 Å². The quantitative estimate of drug-likeness (QED) is 0.657. The number of aromatic nitrogens is 2.